The Bertz CT molecular complexity index is 560. The number of carbonyl (C=O) groups excluding carboxylic acids is 2. The second kappa shape index (κ2) is 9.08. The van der Waals surface area contributed by atoms with Crippen LogP contribution in [0.1, 0.15) is 29.6 Å². The fourth-order valence-corrected chi connectivity index (χ4v) is 3.31. The van der Waals surface area contributed by atoms with Gasteiger partial charge in [0.1, 0.15) is 0 Å². The van der Waals surface area contributed by atoms with Gasteiger partial charge in [0, 0.05) is 42.6 Å². The number of hydrogen-bond acceptors (Lipinski definition) is 4. The molecule has 24 heavy (non-hydrogen) atoms. The Hall–Kier alpha value is -1.53. The SMILES string of the molecule is CSc1ccc(C(=O)NCCC2CCC(=O)N2CCN(C)C)cc1. The molecule has 0 aliphatic carbocycles. The van der Waals surface area contributed by atoms with Crippen LogP contribution < -0.4 is 5.32 Å². The van der Waals surface area contributed by atoms with Crippen molar-refractivity contribution in [2.24, 2.45) is 0 Å². The third-order valence-electron chi connectivity index (χ3n) is 4.36. The van der Waals surface area contributed by atoms with Crippen molar-refractivity contribution in [3.8, 4) is 0 Å². The highest BCUT2D eigenvalue weighted by molar-refractivity contribution is 7.98. The average molecular weight is 350 g/mol. The largest absolute Gasteiger partial charge is 0.352 e. The molecule has 5 nitrogen and oxygen atoms in total. The van der Waals surface area contributed by atoms with Crippen molar-refractivity contribution < 1.29 is 9.59 Å². The van der Waals surface area contributed by atoms with Gasteiger partial charge in [-0.25, -0.2) is 0 Å². The smallest absolute Gasteiger partial charge is 0.251 e. The van der Waals surface area contributed by atoms with Gasteiger partial charge in [-0.3, -0.25) is 9.59 Å². The van der Waals surface area contributed by atoms with Crippen LogP contribution in [0.2, 0.25) is 0 Å². The van der Waals surface area contributed by atoms with Crippen LogP contribution in [0.5, 0.6) is 0 Å². The Balaban J connectivity index is 1.79. The molecular weight excluding hydrogens is 322 g/mol. The summed E-state index contributed by atoms with van der Waals surface area (Å²) in [5.74, 6) is 0.188. The lowest BCUT2D eigenvalue weighted by atomic mass is 10.1. The first-order chi connectivity index (χ1) is 11.5. The summed E-state index contributed by atoms with van der Waals surface area (Å²) in [5, 5.41) is 2.97. The van der Waals surface area contributed by atoms with Crippen LogP contribution in [0.25, 0.3) is 0 Å². The Morgan fingerprint density at radius 3 is 2.67 bits per heavy atom. The number of hydrogen-bond donors (Lipinski definition) is 1. The van der Waals surface area contributed by atoms with E-state index in [9.17, 15) is 9.59 Å². The van der Waals surface area contributed by atoms with E-state index in [4.69, 9.17) is 0 Å². The van der Waals surface area contributed by atoms with Crippen molar-refractivity contribution in [2.75, 3.05) is 40.0 Å². The molecule has 132 valence electrons. The van der Waals surface area contributed by atoms with E-state index in [2.05, 4.69) is 10.2 Å². The molecule has 1 fully saturated rings. The van der Waals surface area contributed by atoms with Crippen molar-refractivity contribution in [3.05, 3.63) is 29.8 Å². The van der Waals surface area contributed by atoms with Crippen LogP contribution in [0.3, 0.4) is 0 Å². The maximum Gasteiger partial charge on any atom is 0.251 e. The molecule has 1 aliphatic rings. The zero-order valence-corrected chi connectivity index (χ0v) is 15.6. The minimum Gasteiger partial charge on any atom is -0.352 e. The van der Waals surface area contributed by atoms with Gasteiger partial charge >= 0.3 is 0 Å². The molecule has 0 radical (unpaired) electrons. The highest BCUT2D eigenvalue weighted by Crippen LogP contribution is 2.21. The van der Waals surface area contributed by atoms with Crippen LogP contribution >= 0.6 is 11.8 Å². The van der Waals surface area contributed by atoms with E-state index in [1.807, 2.05) is 49.5 Å². The predicted molar refractivity (Wildman–Crippen MR) is 98.5 cm³/mol. The van der Waals surface area contributed by atoms with Gasteiger partial charge in [-0.05, 0) is 57.5 Å². The molecule has 1 atom stereocenters. The van der Waals surface area contributed by atoms with Crippen LogP contribution in [-0.2, 0) is 4.79 Å². The first kappa shape index (κ1) is 18.8. The number of carbonyl (C=O) groups is 2. The topological polar surface area (TPSA) is 52.7 Å². The van der Waals surface area contributed by atoms with Gasteiger partial charge in [0.2, 0.25) is 5.91 Å². The molecule has 2 rings (SSSR count). The van der Waals surface area contributed by atoms with E-state index in [-0.39, 0.29) is 17.9 Å². The fraction of sp³-hybridized carbons (Fsp3) is 0.556. The minimum absolute atomic E-state index is 0.0492. The summed E-state index contributed by atoms with van der Waals surface area (Å²) in [6.45, 7) is 2.23. The van der Waals surface area contributed by atoms with Gasteiger partial charge in [0.25, 0.3) is 5.91 Å². The van der Waals surface area contributed by atoms with Crippen LogP contribution in [0.15, 0.2) is 29.2 Å². The monoisotopic (exact) mass is 349 g/mol. The van der Waals surface area contributed by atoms with Crippen molar-refractivity contribution in [1.29, 1.82) is 0 Å². The molecule has 6 heteroatoms. The van der Waals surface area contributed by atoms with Gasteiger partial charge in [0.05, 0.1) is 0 Å². The first-order valence-corrected chi connectivity index (χ1v) is 9.60. The van der Waals surface area contributed by atoms with E-state index < -0.39 is 0 Å². The van der Waals surface area contributed by atoms with E-state index in [0.29, 0.717) is 18.5 Å². The number of nitrogens with one attached hydrogen (secondary N) is 1. The summed E-state index contributed by atoms with van der Waals surface area (Å²) in [5.41, 5.74) is 0.680. The standard InChI is InChI=1S/C18H27N3O2S/c1-20(2)12-13-21-15(6-9-17(21)22)10-11-19-18(23)14-4-7-16(24-3)8-5-14/h4-5,7-8,15H,6,9-13H2,1-3H3,(H,19,23). The predicted octanol–water partition coefficient (Wildman–Crippen LogP) is 2.08. The molecule has 0 aromatic heterocycles. The normalized spacial score (nSPS) is 17.6. The molecule has 1 saturated heterocycles. The van der Waals surface area contributed by atoms with Crippen molar-refractivity contribution in [2.45, 2.75) is 30.2 Å². The molecule has 2 amide bonds. The van der Waals surface area contributed by atoms with E-state index >= 15 is 0 Å². The number of benzene rings is 1. The van der Waals surface area contributed by atoms with Crippen LogP contribution in [-0.4, -0.2) is 67.6 Å². The van der Waals surface area contributed by atoms with E-state index in [1.54, 1.807) is 11.8 Å². The van der Waals surface area contributed by atoms with E-state index in [1.165, 1.54) is 0 Å². The number of likely N-dealkylation sites (tertiary alicyclic amines) is 1. The summed E-state index contributed by atoms with van der Waals surface area (Å²) in [7, 11) is 4.02. The lowest BCUT2D eigenvalue weighted by molar-refractivity contribution is -0.129. The first-order valence-electron chi connectivity index (χ1n) is 8.37. The molecule has 1 aromatic carbocycles. The van der Waals surface area contributed by atoms with Gasteiger partial charge in [-0.1, -0.05) is 0 Å². The molecular formula is C18H27N3O2S. The lowest BCUT2D eigenvalue weighted by Crippen LogP contribution is -2.40. The van der Waals surface area contributed by atoms with Gasteiger partial charge in [-0.15, -0.1) is 11.8 Å². The van der Waals surface area contributed by atoms with Crippen molar-refractivity contribution in [3.63, 3.8) is 0 Å². The zero-order chi connectivity index (χ0) is 17.5. The quantitative estimate of drug-likeness (QED) is 0.730. The highest BCUT2D eigenvalue weighted by Gasteiger charge is 2.30. The Morgan fingerprint density at radius 2 is 2.04 bits per heavy atom. The maximum absolute atomic E-state index is 12.2. The Labute approximate surface area is 148 Å². The van der Waals surface area contributed by atoms with Crippen molar-refractivity contribution >= 4 is 23.6 Å². The highest BCUT2D eigenvalue weighted by atomic mass is 32.2. The molecule has 1 unspecified atom stereocenters. The number of rotatable bonds is 8. The van der Waals surface area contributed by atoms with Crippen LogP contribution in [0.4, 0.5) is 0 Å². The third-order valence-corrected chi connectivity index (χ3v) is 5.10. The number of nitrogens with zero attached hydrogens (tertiary/aromatic N) is 2. The molecule has 1 aromatic rings. The molecule has 1 N–H and O–H groups in total. The van der Waals surface area contributed by atoms with Gasteiger partial charge in [0.15, 0.2) is 0 Å². The fourth-order valence-electron chi connectivity index (χ4n) is 2.91. The summed E-state index contributed by atoms with van der Waals surface area (Å²) in [4.78, 5) is 29.4. The second-order valence-electron chi connectivity index (χ2n) is 6.36. The third kappa shape index (κ3) is 5.24. The second-order valence-corrected chi connectivity index (χ2v) is 7.24. The van der Waals surface area contributed by atoms with Gasteiger partial charge in [-0.2, -0.15) is 0 Å². The molecule has 0 saturated carbocycles. The Kier molecular flexibility index (Phi) is 7.12. The number of likely N-dealkylation sites (N-methyl/N-ethyl adjacent to an activating group) is 1. The Morgan fingerprint density at radius 1 is 1.33 bits per heavy atom. The zero-order valence-electron chi connectivity index (χ0n) is 14.7. The molecule has 0 spiro atoms. The summed E-state index contributed by atoms with van der Waals surface area (Å²) in [6.07, 6.45) is 4.35. The number of thioether (sulfide) groups is 1. The molecule has 1 heterocycles. The lowest BCUT2D eigenvalue weighted by Gasteiger charge is -2.26. The molecule has 0 bridgehead atoms. The minimum atomic E-state index is -0.0492. The summed E-state index contributed by atoms with van der Waals surface area (Å²) >= 11 is 1.66. The van der Waals surface area contributed by atoms with Crippen molar-refractivity contribution in [1.82, 2.24) is 15.1 Å². The van der Waals surface area contributed by atoms with Gasteiger partial charge < -0.3 is 15.1 Å². The van der Waals surface area contributed by atoms with E-state index in [0.717, 1.165) is 30.8 Å². The average Bonchev–Trinajstić information content (AvgIpc) is 2.93. The maximum atomic E-state index is 12.2. The summed E-state index contributed by atoms with van der Waals surface area (Å²) in [6, 6.07) is 7.86. The number of amides is 2. The summed E-state index contributed by atoms with van der Waals surface area (Å²) < 4.78 is 0. The molecule has 1 aliphatic heterocycles. The van der Waals surface area contributed by atoms with Crippen LogP contribution in [0, 0.1) is 0 Å².